The van der Waals surface area contributed by atoms with Gasteiger partial charge in [-0.25, -0.2) is 4.39 Å². The molecule has 0 heterocycles. The molecule has 0 aliphatic rings. The van der Waals surface area contributed by atoms with E-state index in [-0.39, 0.29) is 18.2 Å². The lowest BCUT2D eigenvalue weighted by atomic mass is 10.1. The van der Waals surface area contributed by atoms with Gasteiger partial charge in [0, 0.05) is 13.1 Å². The average molecular weight is 421 g/mol. The van der Waals surface area contributed by atoms with Crippen LogP contribution in [0.5, 0.6) is 17.2 Å². The van der Waals surface area contributed by atoms with Crippen LogP contribution in [0.4, 0.5) is 4.39 Å². The second-order valence-electron chi connectivity index (χ2n) is 4.89. The van der Waals surface area contributed by atoms with Crippen LogP contribution in [-0.2, 0) is 13.1 Å². The van der Waals surface area contributed by atoms with Crippen molar-refractivity contribution in [2.75, 3.05) is 21.3 Å². The van der Waals surface area contributed by atoms with Crippen LogP contribution in [-0.4, -0.2) is 21.3 Å². The molecule has 0 unspecified atom stereocenters. The first-order chi connectivity index (χ1) is 11.1. The van der Waals surface area contributed by atoms with Crippen LogP contribution in [0.3, 0.4) is 0 Å². The smallest absolute Gasteiger partial charge is 0.203 e. The minimum atomic E-state index is -0.265. The third-order valence-corrected chi connectivity index (χ3v) is 3.97. The fourth-order valence-electron chi connectivity index (χ4n) is 2.24. The number of rotatable bonds is 7. The number of nitrogens with one attached hydrogen (secondary N) is 1. The Morgan fingerprint density at radius 2 is 1.50 bits per heavy atom. The SMILES string of the molecule is COc1cc(CNCc2ccc(F)c(Br)c2)cc(OC)c1OC.Cl. The van der Waals surface area contributed by atoms with Crippen molar-refractivity contribution in [3.8, 4) is 17.2 Å². The van der Waals surface area contributed by atoms with Gasteiger partial charge in [0.05, 0.1) is 25.8 Å². The molecule has 0 radical (unpaired) electrons. The number of benzene rings is 2. The Bertz CT molecular complexity index is 660. The van der Waals surface area contributed by atoms with Gasteiger partial charge in [-0.3, -0.25) is 0 Å². The molecule has 0 saturated carbocycles. The first-order valence-corrected chi connectivity index (χ1v) is 7.82. The molecule has 0 amide bonds. The van der Waals surface area contributed by atoms with E-state index in [2.05, 4.69) is 21.2 Å². The minimum absolute atomic E-state index is 0. The normalized spacial score (nSPS) is 10.0. The molecule has 0 aliphatic carbocycles. The van der Waals surface area contributed by atoms with Crippen LogP contribution in [0, 0.1) is 5.82 Å². The highest BCUT2D eigenvalue weighted by Crippen LogP contribution is 2.38. The molecular formula is C17H20BrClFNO3. The van der Waals surface area contributed by atoms with E-state index >= 15 is 0 Å². The molecular weight excluding hydrogens is 401 g/mol. The second-order valence-corrected chi connectivity index (χ2v) is 5.74. The number of hydrogen-bond donors (Lipinski definition) is 1. The van der Waals surface area contributed by atoms with Gasteiger partial charge in [0.15, 0.2) is 11.5 Å². The van der Waals surface area contributed by atoms with Gasteiger partial charge in [0.1, 0.15) is 5.82 Å². The van der Waals surface area contributed by atoms with Gasteiger partial charge in [0.2, 0.25) is 5.75 Å². The monoisotopic (exact) mass is 419 g/mol. The van der Waals surface area contributed by atoms with Crippen molar-refractivity contribution in [2.24, 2.45) is 0 Å². The quantitative estimate of drug-likeness (QED) is 0.724. The summed E-state index contributed by atoms with van der Waals surface area (Å²) in [6.07, 6.45) is 0. The van der Waals surface area contributed by atoms with Crippen molar-refractivity contribution in [1.82, 2.24) is 5.32 Å². The lowest BCUT2D eigenvalue weighted by molar-refractivity contribution is 0.323. The topological polar surface area (TPSA) is 39.7 Å². The molecule has 0 bridgehead atoms. The molecule has 0 spiro atoms. The molecule has 2 aromatic carbocycles. The molecule has 132 valence electrons. The molecule has 24 heavy (non-hydrogen) atoms. The summed E-state index contributed by atoms with van der Waals surface area (Å²) in [6, 6.07) is 8.75. The van der Waals surface area contributed by atoms with Gasteiger partial charge in [-0.05, 0) is 51.3 Å². The summed E-state index contributed by atoms with van der Waals surface area (Å²) in [7, 11) is 4.75. The summed E-state index contributed by atoms with van der Waals surface area (Å²) in [5, 5.41) is 3.31. The van der Waals surface area contributed by atoms with Crippen molar-refractivity contribution in [2.45, 2.75) is 13.1 Å². The summed E-state index contributed by atoms with van der Waals surface area (Å²) in [5.74, 6) is 1.54. The highest BCUT2D eigenvalue weighted by atomic mass is 79.9. The van der Waals surface area contributed by atoms with Crippen molar-refractivity contribution in [3.63, 3.8) is 0 Å². The molecule has 4 nitrogen and oxygen atoms in total. The van der Waals surface area contributed by atoms with Gasteiger partial charge >= 0.3 is 0 Å². The molecule has 2 rings (SSSR count). The Balaban J connectivity index is 0.00000288. The Hall–Kier alpha value is -1.50. The molecule has 0 aromatic heterocycles. The molecule has 7 heteroatoms. The highest BCUT2D eigenvalue weighted by molar-refractivity contribution is 9.10. The predicted octanol–water partition coefficient (Wildman–Crippen LogP) is 4.33. The molecule has 0 aliphatic heterocycles. The zero-order chi connectivity index (χ0) is 16.8. The maximum Gasteiger partial charge on any atom is 0.203 e. The van der Waals surface area contributed by atoms with E-state index in [1.54, 1.807) is 33.5 Å². The minimum Gasteiger partial charge on any atom is -0.493 e. The van der Waals surface area contributed by atoms with Crippen LogP contribution in [0.1, 0.15) is 11.1 Å². The number of methoxy groups -OCH3 is 3. The summed E-state index contributed by atoms with van der Waals surface area (Å²) >= 11 is 3.19. The van der Waals surface area contributed by atoms with E-state index < -0.39 is 0 Å². The van der Waals surface area contributed by atoms with E-state index in [1.165, 1.54) is 6.07 Å². The number of halogens is 3. The number of hydrogen-bond acceptors (Lipinski definition) is 4. The molecule has 0 fully saturated rings. The third kappa shape index (κ3) is 5.00. The molecule has 0 atom stereocenters. The number of ether oxygens (including phenoxy) is 3. The molecule has 0 saturated heterocycles. The van der Waals surface area contributed by atoms with Crippen LogP contribution in [0.25, 0.3) is 0 Å². The highest BCUT2D eigenvalue weighted by Gasteiger charge is 2.12. The van der Waals surface area contributed by atoms with Crippen LogP contribution in [0.15, 0.2) is 34.8 Å². The Labute approximate surface area is 155 Å². The van der Waals surface area contributed by atoms with Crippen LogP contribution in [0.2, 0.25) is 0 Å². The van der Waals surface area contributed by atoms with Gasteiger partial charge in [-0.2, -0.15) is 0 Å². The van der Waals surface area contributed by atoms with Gasteiger partial charge < -0.3 is 19.5 Å². The van der Waals surface area contributed by atoms with E-state index in [0.29, 0.717) is 34.8 Å². The van der Waals surface area contributed by atoms with Crippen molar-refractivity contribution in [1.29, 1.82) is 0 Å². The fraction of sp³-hybridized carbons (Fsp3) is 0.294. The van der Waals surface area contributed by atoms with Gasteiger partial charge in [0.25, 0.3) is 0 Å². The van der Waals surface area contributed by atoms with Crippen molar-refractivity contribution < 1.29 is 18.6 Å². The largest absolute Gasteiger partial charge is 0.493 e. The van der Waals surface area contributed by atoms with Crippen LogP contribution >= 0.6 is 28.3 Å². The predicted molar refractivity (Wildman–Crippen MR) is 98.0 cm³/mol. The molecule has 1 N–H and O–H groups in total. The summed E-state index contributed by atoms with van der Waals surface area (Å²) in [4.78, 5) is 0. The Kier molecular flexibility index (Phi) is 8.31. The van der Waals surface area contributed by atoms with E-state index in [1.807, 2.05) is 12.1 Å². The maximum atomic E-state index is 13.2. The van der Waals surface area contributed by atoms with Gasteiger partial charge in [-0.1, -0.05) is 6.07 Å². The lowest BCUT2D eigenvalue weighted by Gasteiger charge is -2.14. The lowest BCUT2D eigenvalue weighted by Crippen LogP contribution is -2.13. The first-order valence-electron chi connectivity index (χ1n) is 7.02. The van der Waals surface area contributed by atoms with E-state index in [0.717, 1.165) is 11.1 Å². The Morgan fingerprint density at radius 3 is 2.00 bits per heavy atom. The maximum absolute atomic E-state index is 13.2. The fourth-order valence-corrected chi connectivity index (χ4v) is 2.66. The van der Waals surface area contributed by atoms with Crippen LogP contribution < -0.4 is 19.5 Å². The van der Waals surface area contributed by atoms with Crippen molar-refractivity contribution >= 4 is 28.3 Å². The summed E-state index contributed by atoms with van der Waals surface area (Å²) in [5.41, 5.74) is 1.99. The third-order valence-electron chi connectivity index (χ3n) is 3.37. The first kappa shape index (κ1) is 20.5. The van der Waals surface area contributed by atoms with Crippen molar-refractivity contribution in [3.05, 3.63) is 51.7 Å². The van der Waals surface area contributed by atoms with E-state index in [9.17, 15) is 4.39 Å². The molecule has 2 aromatic rings. The standard InChI is InChI=1S/C17H19BrFNO3.ClH/c1-21-15-7-12(8-16(22-2)17(15)23-3)10-20-9-11-4-5-14(19)13(18)6-11;/h4-8,20H,9-10H2,1-3H3;1H. The zero-order valence-corrected chi connectivity index (χ0v) is 16.1. The van der Waals surface area contributed by atoms with E-state index in [4.69, 9.17) is 14.2 Å². The average Bonchev–Trinajstić information content (AvgIpc) is 2.57. The zero-order valence-electron chi connectivity index (χ0n) is 13.7. The second kappa shape index (κ2) is 9.71. The summed E-state index contributed by atoms with van der Waals surface area (Å²) < 4.78 is 29.6. The summed E-state index contributed by atoms with van der Waals surface area (Å²) in [6.45, 7) is 1.24. The Morgan fingerprint density at radius 1 is 0.917 bits per heavy atom. The van der Waals surface area contributed by atoms with Gasteiger partial charge in [-0.15, -0.1) is 12.4 Å².